The molecule has 4 rings (SSSR count). The number of Topliss-reactive ketones (excluding diaryl/α,β-unsaturated/α-hetero) is 1. The highest BCUT2D eigenvalue weighted by Crippen LogP contribution is 2.47. The van der Waals surface area contributed by atoms with Crippen molar-refractivity contribution in [1.82, 2.24) is 0 Å². The van der Waals surface area contributed by atoms with Gasteiger partial charge in [-0.15, -0.1) is 0 Å². The third kappa shape index (κ3) is 8.78. The Morgan fingerprint density at radius 1 is 1.00 bits per heavy atom. The van der Waals surface area contributed by atoms with E-state index in [1.165, 1.54) is 21.0 Å². The zero-order valence-corrected chi connectivity index (χ0v) is 33.7. The number of hydrogen-bond acceptors (Lipinski definition) is 14. The van der Waals surface area contributed by atoms with Crippen molar-refractivity contribution < 1.29 is 66.9 Å². The lowest BCUT2D eigenvalue weighted by atomic mass is 9.79. The molecule has 1 N–H and O–H groups in total. The Morgan fingerprint density at radius 2 is 1.66 bits per heavy atom. The summed E-state index contributed by atoms with van der Waals surface area (Å²) in [6, 6.07) is 0. The molecule has 14 heteroatoms. The Balaban J connectivity index is 1.86. The zero-order valence-electron chi connectivity index (χ0n) is 33.7. The van der Waals surface area contributed by atoms with E-state index in [1.807, 2.05) is 34.6 Å². The smallest absolute Gasteiger partial charge is 0.311 e. The standard InChI is InChI=1S/C39H62O14/c1-14-27-39(12,44)32(42)22(5)29-20(3)16-38(11,53-29)33(52-36-30(49-26(9)41)19(2)15-21(4)47-36)23(6)31(24(7)35(43)50-27)51-28-17-37(10,45-13)34(46-18-40)25(8)48-28/h18-19,21-25,27-28,30-31,33-34,36,44H,14-17H2,1-13H3/t19?,21?,22-,23?,24?,25?,27?,28?,30+,31?,33+,34-,36?,37+,38-,39+/m0/s1. The number of ether oxygens (including phenoxy) is 9. The van der Waals surface area contributed by atoms with Crippen LogP contribution in [-0.2, 0) is 61.8 Å². The number of hydrogen-bond donors (Lipinski definition) is 1. The number of aliphatic hydroxyl groups is 1. The van der Waals surface area contributed by atoms with Crippen molar-refractivity contribution in [2.45, 2.75) is 181 Å². The molecular weight excluding hydrogens is 692 g/mol. The second-order valence-electron chi connectivity index (χ2n) is 16.4. The maximum absolute atomic E-state index is 14.2. The first-order chi connectivity index (χ1) is 24.6. The highest BCUT2D eigenvalue weighted by Gasteiger charge is 2.56. The van der Waals surface area contributed by atoms with Crippen LogP contribution in [0.15, 0.2) is 11.3 Å². The lowest BCUT2D eigenvalue weighted by molar-refractivity contribution is -0.317. The molecule has 0 radical (unpaired) electrons. The monoisotopic (exact) mass is 754 g/mol. The molecule has 0 aromatic heterocycles. The van der Waals surface area contributed by atoms with Crippen molar-refractivity contribution >= 4 is 24.2 Å². The van der Waals surface area contributed by atoms with Gasteiger partial charge < -0.3 is 47.7 Å². The summed E-state index contributed by atoms with van der Waals surface area (Å²) in [7, 11) is 1.51. The van der Waals surface area contributed by atoms with E-state index in [0.717, 1.165) is 5.57 Å². The summed E-state index contributed by atoms with van der Waals surface area (Å²) < 4.78 is 56.1. The van der Waals surface area contributed by atoms with Crippen LogP contribution in [0.5, 0.6) is 0 Å². The maximum atomic E-state index is 14.2. The van der Waals surface area contributed by atoms with Gasteiger partial charge in [-0.25, -0.2) is 0 Å². The average molecular weight is 755 g/mol. The minimum Gasteiger partial charge on any atom is -0.488 e. The number of esters is 2. The summed E-state index contributed by atoms with van der Waals surface area (Å²) in [5.41, 5.74) is -3.41. The summed E-state index contributed by atoms with van der Waals surface area (Å²) in [5, 5.41) is 11.7. The van der Waals surface area contributed by atoms with Gasteiger partial charge in [-0.2, -0.15) is 0 Å². The molecule has 0 aliphatic carbocycles. The summed E-state index contributed by atoms with van der Waals surface area (Å²) in [4.78, 5) is 51.9. The molecule has 14 nitrogen and oxygen atoms in total. The number of carbonyl (C=O) groups is 4. The van der Waals surface area contributed by atoms with Crippen LogP contribution in [-0.4, -0.2) is 109 Å². The van der Waals surface area contributed by atoms with Gasteiger partial charge in [0.1, 0.15) is 29.2 Å². The molecule has 4 aliphatic heterocycles. The first-order valence-corrected chi connectivity index (χ1v) is 18.9. The van der Waals surface area contributed by atoms with E-state index in [9.17, 15) is 24.3 Å². The van der Waals surface area contributed by atoms with Gasteiger partial charge in [-0.1, -0.05) is 20.8 Å². The van der Waals surface area contributed by atoms with Gasteiger partial charge >= 0.3 is 11.9 Å². The molecule has 0 aromatic rings. The molecular formula is C39H62O14. The van der Waals surface area contributed by atoms with Crippen LogP contribution in [0.3, 0.4) is 0 Å². The number of fused-ring (bicyclic) bond motifs is 2. The van der Waals surface area contributed by atoms with Crippen molar-refractivity contribution in [2.75, 3.05) is 7.11 Å². The van der Waals surface area contributed by atoms with E-state index >= 15 is 0 Å². The van der Waals surface area contributed by atoms with E-state index in [2.05, 4.69) is 0 Å². The second kappa shape index (κ2) is 16.6. The zero-order chi connectivity index (χ0) is 39.8. The van der Waals surface area contributed by atoms with Gasteiger partial charge in [0.2, 0.25) is 0 Å². The van der Waals surface area contributed by atoms with Crippen LogP contribution in [0.2, 0.25) is 0 Å². The van der Waals surface area contributed by atoms with Crippen LogP contribution in [0.1, 0.15) is 109 Å². The van der Waals surface area contributed by atoms with Crippen LogP contribution in [0, 0.1) is 23.7 Å². The highest BCUT2D eigenvalue weighted by molar-refractivity contribution is 5.91. The molecule has 302 valence electrons. The summed E-state index contributed by atoms with van der Waals surface area (Å²) >= 11 is 0. The normalized spacial score (nSPS) is 45.6. The number of methoxy groups -OCH3 is 1. The van der Waals surface area contributed by atoms with Crippen LogP contribution in [0.25, 0.3) is 0 Å². The van der Waals surface area contributed by atoms with Crippen LogP contribution in [0.4, 0.5) is 0 Å². The van der Waals surface area contributed by atoms with Crippen molar-refractivity contribution in [2.24, 2.45) is 23.7 Å². The van der Waals surface area contributed by atoms with E-state index in [4.69, 9.17) is 42.6 Å². The fourth-order valence-corrected chi connectivity index (χ4v) is 8.97. The quantitative estimate of drug-likeness (QED) is 0.197. The molecule has 3 fully saturated rings. The van der Waals surface area contributed by atoms with E-state index in [1.54, 1.807) is 34.6 Å². The second-order valence-corrected chi connectivity index (χ2v) is 16.4. The van der Waals surface area contributed by atoms with E-state index in [0.29, 0.717) is 25.1 Å². The minimum atomic E-state index is -2.04. The fraction of sp³-hybridized carbons (Fsp3) is 0.846. The van der Waals surface area contributed by atoms with Gasteiger partial charge in [0.05, 0.1) is 30.1 Å². The van der Waals surface area contributed by atoms with Crippen molar-refractivity contribution in [3.63, 3.8) is 0 Å². The number of ketones is 1. The molecule has 4 heterocycles. The molecule has 0 aromatic carbocycles. The molecule has 0 amide bonds. The SMILES string of the molecule is CCC1OC(=O)C(C)C(OC2C[C@@](C)(OC)[C@@H](OC=O)C(C)O2)C(C)[C@@H](OC2OC(C)CC(C)[C@H]2OC(C)=O)[C@]2(C)CC(C)=C(O2)[C@H](C)C(=O)[C@]1(C)O. The van der Waals surface area contributed by atoms with Gasteiger partial charge in [0.25, 0.3) is 6.47 Å². The average Bonchev–Trinajstić information content (AvgIpc) is 3.40. The predicted octanol–water partition coefficient (Wildman–Crippen LogP) is 4.56. The summed E-state index contributed by atoms with van der Waals surface area (Å²) in [6.45, 7) is 21.2. The minimum absolute atomic E-state index is 0.109. The largest absolute Gasteiger partial charge is 0.488 e. The van der Waals surface area contributed by atoms with Crippen LogP contribution < -0.4 is 0 Å². The molecule has 2 bridgehead atoms. The van der Waals surface area contributed by atoms with Crippen molar-refractivity contribution in [3.05, 3.63) is 11.3 Å². The lowest BCUT2D eigenvalue weighted by Crippen LogP contribution is -2.59. The molecule has 9 unspecified atom stereocenters. The molecule has 4 aliphatic rings. The Labute approximate surface area is 313 Å². The topological polar surface area (TPSA) is 172 Å². The molecule has 16 atom stereocenters. The number of allylic oxidation sites excluding steroid dienone is 1. The number of cyclic esters (lactones) is 1. The summed E-state index contributed by atoms with van der Waals surface area (Å²) in [6.07, 6.45) is -6.12. The maximum Gasteiger partial charge on any atom is 0.311 e. The fourth-order valence-electron chi connectivity index (χ4n) is 8.97. The first-order valence-electron chi connectivity index (χ1n) is 18.9. The molecule has 0 saturated carbocycles. The van der Waals surface area contributed by atoms with Gasteiger partial charge in [0, 0.05) is 38.7 Å². The van der Waals surface area contributed by atoms with E-state index in [-0.39, 0.29) is 24.9 Å². The van der Waals surface area contributed by atoms with Gasteiger partial charge in [0.15, 0.2) is 36.2 Å². The Kier molecular flexibility index (Phi) is 13.5. The third-order valence-electron chi connectivity index (χ3n) is 11.8. The highest BCUT2D eigenvalue weighted by atomic mass is 16.7. The van der Waals surface area contributed by atoms with Crippen molar-refractivity contribution in [1.29, 1.82) is 0 Å². The Hall–Kier alpha value is -2.62. The lowest BCUT2D eigenvalue weighted by Gasteiger charge is -2.48. The Morgan fingerprint density at radius 3 is 2.25 bits per heavy atom. The predicted molar refractivity (Wildman–Crippen MR) is 189 cm³/mol. The number of carbonyl (C=O) groups excluding carboxylic acids is 4. The third-order valence-corrected chi connectivity index (χ3v) is 11.8. The van der Waals surface area contributed by atoms with Gasteiger partial charge in [-0.05, 0) is 73.8 Å². The molecule has 0 spiro atoms. The first kappa shape index (κ1) is 43.1. The Bertz CT molecular complexity index is 1380. The van der Waals surface area contributed by atoms with Gasteiger partial charge in [-0.3, -0.25) is 19.2 Å². The number of rotatable bonds is 9. The molecule has 53 heavy (non-hydrogen) atoms. The molecule has 3 saturated heterocycles. The van der Waals surface area contributed by atoms with Crippen molar-refractivity contribution in [3.8, 4) is 0 Å². The summed E-state index contributed by atoms with van der Waals surface area (Å²) in [5.74, 6) is -4.00. The van der Waals surface area contributed by atoms with Crippen LogP contribution >= 0.6 is 0 Å². The van der Waals surface area contributed by atoms with E-state index < -0.39 is 101 Å².